The number of nitro groups is 1. The first kappa shape index (κ1) is 14.6. The van der Waals surface area contributed by atoms with Crippen molar-refractivity contribution >= 4 is 17.0 Å². The fourth-order valence-corrected chi connectivity index (χ4v) is 2.97. The van der Waals surface area contributed by atoms with E-state index in [9.17, 15) is 10.1 Å². The van der Waals surface area contributed by atoms with E-state index in [1.54, 1.807) is 31.4 Å². The number of aryl methyl sites for hydroxylation is 2. The van der Waals surface area contributed by atoms with Crippen LogP contribution in [0.25, 0.3) is 0 Å². The van der Waals surface area contributed by atoms with Crippen molar-refractivity contribution in [2.45, 2.75) is 33.9 Å². The predicted octanol–water partition coefficient (Wildman–Crippen LogP) is 3.27. The van der Waals surface area contributed by atoms with Gasteiger partial charge in [-0.15, -0.1) is 11.3 Å². The number of thiophene rings is 1. The summed E-state index contributed by atoms with van der Waals surface area (Å²) in [5.41, 5.74) is 2.15. The van der Waals surface area contributed by atoms with Crippen molar-refractivity contribution in [1.82, 2.24) is 10.3 Å². The van der Waals surface area contributed by atoms with E-state index in [1.165, 1.54) is 9.75 Å². The van der Waals surface area contributed by atoms with Crippen LogP contribution in [0.3, 0.4) is 0 Å². The molecule has 20 heavy (non-hydrogen) atoms. The Balaban J connectivity index is 2.06. The maximum absolute atomic E-state index is 11.1. The van der Waals surface area contributed by atoms with Crippen LogP contribution in [0.4, 0.5) is 5.69 Å². The minimum absolute atomic E-state index is 0.170. The highest BCUT2D eigenvalue weighted by atomic mass is 32.1. The van der Waals surface area contributed by atoms with Gasteiger partial charge in [-0.2, -0.15) is 0 Å². The predicted molar refractivity (Wildman–Crippen MR) is 80.0 cm³/mol. The Morgan fingerprint density at radius 2 is 2.05 bits per heavy atom. The van der Waals surface area contributed by atoms with Gasteiger partial charge in [0.1, 0.15) is 0 Å². The molecule has 0 aliphatic carbocycles. The summed E-state index contributed by atoms with van der Waals surface area (Å²) in [6.45, 7) is 6.82. The normalized spacial score (nSPS) is 10.8. The lowest BCUT2D eigenvalue weighted by Gasteiger charge is -2.08. The van der Waals surface area contributed by atoms with E-state index in [0.717, 1.165) is 12.2 Å². The summed E-state index contributed by atoms with van der Waals surface area (Å²) in [4.78, 5) is 17.5. The van der Waals surface area contributed by atoms with Gasteiger partial charge in [0, 0.05) is 40.2 Å². The molecule has 0 spiro atoms. The van der Waals surface area contributed by atoms with Crippen LogP contribution < -0.4 is 5.32 Å². The highest BCUT2D eigenvalue weighted by Crippen LogP contribution is 2.24. The van der Waals surface area contributed by atoms with Gasteiger partial charge in [-0.05, 0) is 32.9 Å². The zero-order chi connectivity index (χ0) is 14.7. The molecule has 0 bridgehead atoms. The van der Waals surface area contributed by atoms with Gasteiger partial charge >= 0.3 is 0 Å². The van der Waals surface area contributed by atoms with Crippen molar-refractivity contribution in [3.63, 3.8) is 0 Å². The second kappa shape index (κ2) is 6.11. The summed E-state index contributed by atoms with van der Waals surface area (Å²) in [6.07, 6.45) is 1.57. The van der Waals surface area contributed by atoms with Crippen molar-refractivity contribution in [3.05, 3.63) is 55.0 Å². The number of hydrogen-bond acceptors (Lipinski definition) is 5. The summed E-state index contributed by atoms with van der Waals surface area (Å²) >= 11 is 1.75. The molecule has 0 aliphatic heterocycles. The molecule has 2 heterocycles. The van der Waals surface area contributed by atoms with Crippen LogP contribution in [0.15, 0.2) is 18.3 Å². The van der Waals surface area contributed by atoms with Gasteiger partial charge in [0.15, 0.2) is 0 Å². The number of rotatable bonds is 5. The lowest BCUT2D eigenvalue weighted by Crippen LogP contribution is -2.15. The third-order valence-corrected chi connectivity index (χ3v) is 4.15. The van der Waals surface area contributed by atoms with Crippen molar-refractivity contribution in [2.24, 2.45) is 0 Å². The van der Waals surface area contributed by atoms with Crippen LogP contribution in [0, 0.1) is 30.9 Å². The summed E-state index contributed by atoms with van der Waals surface area (Å²) in [5, 5.41) is 14.3. The Hall–Kier alpha value is -1.79. The van der Waals surface area contributed by atoms with E-state index < -0.39 is 0 Å². The van der Waals surface area contributed by atoms with Crippen molar-refractivity contribution in [2.75, 3.05) is 0 Å². The molecule has 0 radical (unpaired) electrons. The summed E-state index contributed by atoms with van der Waals surface area (Å²) in [7, 11) is 0. The second-order valence-corrected chi connectivity index (χ2v) is 6.11. The van der Waals surface area contributed by atoms with E-state index in [1.807, 2.05) is 0 Å². The fraction of sp³-hybridized carbons (Fsp3) is 0.357. The Labute approximate surface area is 121 Å². The van der Waals surface area contributed by atoms with E-state index >= 15 is 0 Å². The molecule has 0 aromatic carbocycles. The van der Waals surface area contributed by atoms with Gasteiger partial charge in [-0.25, -0.2) is 0 Å². The zero-order valence-electron chi connectivity index (χ0n) is 11.8. The quantitative estimate of drug-likeness (QED) is 0.678. The monoisotopic (exact) mass is 291 g/mol. The number of nitrogens with one attached hydrogen (secondary N) is 1. The Morgan fingerprint density at radius 3 is 2.65 bits per heavy atom. The molecule has 0 saturated heterocycles. The molecule has 0 unspecified atom stereocenters. The Kier molecular flexibility index (Phi) is 4.46. The summed E-state index contributed by atoms with van der Waals surface area (Å²) in [6, 6.07) is 4.17. The van der Waals surface area contributed by atoms with Gasteiger partial charge < -0.3 is 5.32 Å². The molecule has 0 fully saturated rings. The molecule has 1 N–H and O–H groups in total. The number of pyridine rings is 1. The van der Waals surface area contributed by atoms with Crippen LogP contribution >= 0.6 is 11.3 Å². The van der Waals surface area contributed by atoms with Crippen LogP contribution in [-0.4, -0.2) is 9.91 Å². The third kappa shape index (κ3) is 3.20. The number of hydrogen-bond donors (Lipinski definition) is 1. The minimum Gasteiger partial charge on any atom is -0.306 e. The highest BCUT2D eigenvalue weighted by molar-refractivity contribution is 7.11. The molecule has 2 aromatic rings. The Bertz CT molecular complexity index is 637. The SMILES string of the molecule is Cc1ccc(CNCc2ncc(C)c([N+](=O)[O-])c2C)s1. The molecule has 0 amide bonds. The average Bonchev–Trinajstić information content (AvgIpc) is 2.77. The average molecular weight is 291 g/mol. The van der Waals surface area contributed by atoms with Gasteiger partial charge in [-0.1, -0.05) is 0 Å². The summed E-state index contributed by atoms with van der Waals surface area (Å²) < 4.78 is 0. The molecule has 0 saturated carbocycles. The minimum atomic E-state index is -0.335. The van der Waals surface area contributed by atoms with Crippen molar-refractivity contribution in [3.8, 4) is 0 Å². The summed E-state index contributed by atoms with van der Waals surface area (Å²) in [5.74, 6) is 0. The second-order valence-electron chi connectivity index (χ2n) is 4.73. The van der Waals surface area contributed by atoms with Gasteiger partial charge in [0.2, 0.25) is 0 Å². The molecule has 0 atom stereocenters. The van der Waals surface area contributed by atoms with Crippen LogP contribution in [0.5, 0.6) is 0 Å². The molecule has 6 heteroatoms. The van der Waals surface area contributed by atoms with E-state index in [-0.39, 0.29) is 10.6 Å². The van der Waals surface area contributed by atoms with Crippen LogP contribution in [0.1, 0.15) is 26.6 Å². The highest BCUT2D eigenvalue weighted by Gasteiger charge is 2.18. The fourth-order valence-electron chi connectivity index (χ4n) is 2.11. The molecular formula is C14H17N3O2S. The molecule has 2 rings (SSSR count). The van der Waals surface area contributed by atoms with Crippen molar-refractivity contribution in [1.29, 1.82) is 0 Å². The van der Waals surface area contributed by atoms with E-state index in [0.29, 0.717) is 17.7 Å². The largest absolute Gasteiger partial charge is 0.306 e. The number of nitrogens with zero attached hydrogens (tertiary/aromatic N) is 2. The molecule has 2 aromatic heterocycles. The smallest absolute Gasteiger partial charge is 0.278 e. The first-order valence-electron chi connectivity index (χ1n) is 6.34. The maximum Gasteiger partial charge on any atom is 0.278 e. The first-order chi connectivity index (χ1) is 9.49. The van der Waals surface area contributed by atoms with E-state index in [4.69, 9.17) is 0 Å². The van der Waals surface area contributed by atoms with Crippen LogP contribution in [0.2, 0.25) is 0 Å². The molecule has 0 aliphatic rings. The van der Waals surface area contributed by atoms with Gasteiger partial charge in [0.05, 0.1) is 10.6 Å². The van der Waals surface area contributed by atoms with Crippen molar-refractivity contribution < 1.29 is 4.92 Å². The molecule has 5 nitrogen and oxygen atoms in total. The first-order valence-corrected chi connectivity index (χ1v) is 7.16. The maximum atomic E-state index is 11.1. The van der Waals surface area contributed by atoms with Gasteiger partial charge in [0.25, 0.3) is 5.69 Å². The van der Waals surface area contributed by atoms with Gasteiger partial charge in [-0.3, -0.25) is 15.1 Å². The molecule has 106 valence electrons. The topological polar surface area (TPSA) is 68.1 Å². The Morgan fingerprint density at radius 1 is 1.30 bits per heavy atom. The lowest BCUT2D eigenvalue weighted by molar-refractivity contribution is -0.386. The van der Waals surface area contributed by atoms with Crippen LogP contribution in [-0.2, 0) is 13.1 Å². The standard InChI is InChI=1S/C14H17N3O2S/c1-9-6-16-13(11(3)14(9)17(18)19)8-15-7-12-5-4-10(2)20-12/h4-6,15H,7-8H2,1-3H3. The third-order valence-electron chi connectivity index (χ3n) is 3.15. The zero-order valence-corrected chi connectivity index (χ0v) is 12.6. The number of aromatic nitrogens is 1. The lowest BCUT2D eigenvalue weighted by atomic mass is 10.1. The molecular weight excluding hydrogens is 274 g/mol. The van der Waals surface area contributed by atoms with E-state index in [2.05, 4.69) is 29.4 Å².